The maximum atomic E-state index is 6.86. The third-order valence-corrected chi connectivity index (χ3v) is 0.724. The minimum atomic E-state index is -0.216. The van der Waals surface area contributed by atoms with Gasteiger partial charge in [0.2, 0.25) is 11.9 Å². The van der Waals surface area contributed by atoms with Crippen molar-refractivity contribution in [3.8, 4) is 0 Å². The van der Waals surface area contributed by atoms with Crippen LogP contribution in [0.25, 0.3) is 0 Å². The van der Waals surface area contributed by atoms with Crippen LogP contribution >= 0.6 is 0 Å². The van der Waals surface area contributed by atoms with Crippen LogP contribution in [0.15, 0.2) is 0 Å². The second-order valence-electron chi connectivity index (χ2n) is 1.48. The molecule has 1 rings (SSSR count). The van der Waals surface area contributed by atoms with Gasteiger partial charge in [-0.05, 0) is 6.92 Å². The first-order chi connectivity index (χ1) is 6.00. The van der Waals surface area contributed by atoms with Gasteiger partial charge >= 0.3 is 0 Å². The van der Waals surface area contributed by atoms with E-state index in [1.165, 1.54) is 6.92 Å². The fraction of sp³-hybridized carbons (Fsp3) is 0.250. The molecule has 48 valence electrons. The molecule has 1 aromatic heterocycles. The Morgan fingerprint density at radius 3 is 2.22 bits per heavy atom. The van der Waals surface area contributed by atoms with Crippen LogP contribution in [0.2, 0.25) is 5.65 Å². The molecule has 0 saturated heterocycles. The van der Waals surface area contributed by atoms with E-state index >= 15 is 0 Å². The molecule has 0 aliphatic heterocycles. The molecule has 0 aliphatic rings. The molecule has 0 aliphatic carbocycles. The summed E-state index contributed by atoms with van der Waals surface area (Å²) >= 11 is 0. The summed E-state index contributed by atoms with van der Waals surface area (Å²) in [6.07, 6.45) is 0. The van der Waals surface area contributed by atoms with E-state index in [9.17, 15) is 0 Å². The lowest BCUT2D eigenvalue weighted by Gasteiger charge is -1.93. The lowest BCUT2D eigenvalue weighted by molar-refractivity contribution is 1.00. The van der Waals surface area contributed by atoms with Gasteiger partial charge in [0, 0.05) is 0 Å². The van der Waals surface area contributed by atoms with Crippen LogP contribution in [-0.4, -0.2) is 15.0 Å². The standard InChI is InChI=1S/C4H7N5/c1-2-7-3(5)9-4(6)8-2/h1H3,(H4,5,6,7,8,9)/i/hT4. The van der Waals surface area contributed by atoms with Crippen molar-refractivity contribution in [2.75, 3.05) is 11.4 Å². The molecule has 0 fully saturated rings. The van der Waals surface area contributed by atoms with E-state index in [4.69, 9.17) is 5.65 Å². The Labute approximate surface area is 58.0 Å². The van der Waals surface area contributed by atoms with Crippen molar-refractivity contribution in [2.24, 2.45) is 0 Å². The van der Waals surface area contributed by atoms with Crippen molar-refractivity contribution in [3.63, 3.8) is 0 Å². The molecule has 4 N–H and O–H groups in total. The number of hydrogen-bond acceptors (Lipinski definition) is 5. The van der Waals surface area contributed by atoms with Crippen LogP contribution in [0.5, 0.6) is 0 Å². The molecule has 0 unspecified atom stereocenters. The fourth-order valence-corrected chi connectivity index (χ4v) is 0.454. The summed E-state index contributed by atoms with van der Waals surface area (Å²) in [5.41, 5.74) is 0.392. The Balaban J connectivity index is 3.11. The van der Waals surface area contributed by atoms with Crippen molar-refractivity contribution >= 4 is 11.9 Å². The number of aryl methyl sites for hydroxylation is 1. The molecular formula is C4H7N5. The van der Waals surface area contributed by atoms with Gasteiger partial charge in [0.15, 0.2) is 5.65 Å². The molecule has 0 amide bonds. The summed E-state index contributed by atoms with van der Waals surface area (Å²) < 4.78 is 27.4. The maximum absolute atomic E-state index is 6.86. The van der Waals surface area contributed by atoms with E-state index in [0.29, 0.717) is 0 Å². The summed E-state index contributed by atoms with van der Waals surface area (Å²) in [7, 11) is 0. The first kappa shape index (κ1) is 2.47. The largest absolute Gasteiger partial charge is 0.368 e. The second kappa shape index (κ2) is 1.85. The van der Waals surface area contributed by atoms with Gasteiger partial charge < -0.3 is 11.4 Å². The normalized spacial score (nSPS) is 14.8. The number of anilines is 2. The third kappa shape index (κ3) is 1.25. The van der Waals surface area contributed by atoms with Crippen LogP contribution in [0.3, 0.4) is 0 Å². The molecule has 0 bridgehead atoms. The molecular weight excluding hydrogens is 118 g/mol. The first-order valence-electron chi connectivity index (χ1n) is 4.08. The molecule has 5 nitrogen and oxygen atoms in total. The highest BCUT2D eigenvalue weighted by atomic mass is 15.1. The Bertz CT molecular complexity index is 276. The van der Waals surface area contributed by atoms with Crippen molar-refractivity contribution < 1.29 is 5.65 Å². The molecule has 0 aromatic carbocycles. The number of nitrogen functional groups attached to an aromatic ring is 2. The highest BCUT2D eigenvalue weighted by Crippen LogP contribution is 1.94. The Hall–Kier alpha value is -1.39. The zero-order valence-corrected chi connectivity index (χ0v) is 4.74. The molecule has 1 aromatic rings. The summed E-state index contributed by atoms with van der Waals surface area (Å²) in [5.74, 6) is -0.173. The van der Waals surface area contributed by atoms with Crippen LogP contribution in [0.4, 0.5) is 11.9 Å². The fourth-order valence-electron chi connectivity index (χ4n) is 0.454. The zero-order valence-electron chi connectivity index (χ0n) is 8.74. The number of aromatic nitrogens is 3. The lowest BCUT2D eigenvalue weighted by atomic mass is 10.7. The Morgan fingerprint density at radius 2 is 1.78 bits per heavy atom. The number of rotatable bonds is 2. The molecule has 0 atom stereocenters. The van der Waals surface area contributed by atoms with Crippen molar-refractivity contribution in [3.05, 3.63) is 5.82 Å². The van der Waals surface area contributed by atoms with E-state index in [0.717, 1.165) is 0 Å². The number of nitrogens with zero attached hydrogens (tertiary/aromatic N) is 3. The van der Waals surface area contributed by atoms with Gasteiger partial charge in [-0.2, -0.15) is 15.0 Å². The molecule has 0 radical (unpaired) electrons. The summed E-state index contributed by atoms with van der Waals surface area (Å²) in [5, 5.41) is 0. The third-order valence-electron chi connectivity index (χ3n) is 0.724. The number of hydrogen-bond donors (Lipinski definition) is 2. The molecule has 5 heteroatoms. The molecule has 9 heavy (non-hydrogen) atoms. The maximum Gasteiger partial charge on any atom is 0.225 e. The predicted molar refractivity (Wildman–Crippen MR) is 33.4 cm³/mol. The Kier molecular flexibility index (Phi) is 0.506. The van der Waals surface area contributed by atoms with Gasteiger partial charge in [0.25, 0.3) is 0 Å². The zero-order chi connectivity index (χ0) is 10.0. The highest BCUT2D eigenvalue weighted by molar-refractivity contribution is 5.25. The van der Waals surface area contributed by atoms with Crippen molar-refractivity contribution in [1.29, 1.82) is 0 Å². The van der Waals surface area contributed by atoms with Crippen LogP contribution in [0.1, 0.15) is 5.82 Å². The minimum Gasteiger partial charge on any atom is -0.368 e. The van der Waals surface area contributed by atoms with Crippen molar-refractivity contribution in [1.82, 2.24) is 15.0 Å². The lowest BCUT2D eigenvalue weighted by Crippen LogP contribution is -2.03. The van der Waals surface area contributed by atoms with Crippen LogP contribution < -0.4 is 11.4 Å². The monoisotopic (exact) mass is 133 g/mol. The van der Waals surface area contributed by atoms with Crippen molar-refractivity contribution in [2.45, 2.75) is 6.92 Å². The SMILES string of the molecule is [3H]N([3H])c1nc(C)nc(N([3H])[3H])n1. The van der Waals surface area contributed by atoms with Gasteiger partial charge in [-0.25, -0.2) is 0 Å². The van der Waals surface area contributed by atoms with E-state index < -0.39 is 0 Å². The highest BCUT2D eigenvalue weighted by Gasteiger charge is 1.93. The van der Waals surface area contributed by atoms with E-state index in [1.807, 2.05) is 0 Å². The summed E-state index contributed by atoms with van der Waals surface area (Å²) in [6.45, 7) is 1.53. The molecule has 0 saturated carbocycles. The summed E-state index contributed by atoms with van der Waals surface area (Å²) in [6, 6.07) is 0. The van der Waals surface area contributed by atoms with E-state index in [-0.39, 0.29) is 29.2 Å². The van der Waals surface area contributed by atoms with Crippen LogP contribution in [0, 0.1) is 6.92 Å². The van der Waals surface area contributed by atoms with Gasteiger partial charge in [-0.3, -0.25) is 0 Å². The van der Waals surface area contributed by atoms with E-state index in [1.54, 1.807) is 0 Å². The average Bonchev–Trinajstić information content (AvgIpc) is 2.03. The van der Waals surface area contributed by atoms with Crippen LogP contribution in [-0.2, 0) is 0 Å². The van der Waals surface area contributed by atoms with Gasteiger partial charge in [-0.15, -0.1) is 0 Å². The predicted octanol–water partition coefficient (Wildman–Crippen LogP) is -0.656. The average molecular weight is 133 g/mol. The topological polar surface area (TPSA) is 90.7 Å². The minimum absolute atomic E-state index is 0.196. The Morgan fingerprint density at radius 1 is 1.22 bits per heavy atom. The summed E-state index contributed by atoms with van der Waals surface area (Å²) in [4.78, 5) is 10.8. The smallest absolute Gasteiger partial charge is 0.225 e. The number of nitrogens with two attached hydrogens (primary N) is 2. The molecule has 0 spiro atoms. The van der Waals surface area contributed by atoms with Gasteiger partial charge in [-0.1, -0.05) is 0 Å². The first-order valence-corrected chi connectivity index (χ1v) is 2.29. The quantitative estimate of drug-likeness (QED) is 0.559. The van der Waals surface area contributed by atoms with E-state index in [2.05, 4.69) is 15.0 Å². The van der Waals surface area contributed by atoms with Gasteiger partial charge in [0.05, 0.1) is 0 Å². The second-order valence-corrected chi connectivity index (χ2v) is 1.48. The van der Waals surface area contributed by atoms with Gasteiger partial charge in [0.1, 0.15) is 5.82 Å². The molecule has 1 heterocycles.